The van der Waals surface area contributed by atoms with Crippen LogP contribution >= 0.6 is 0 Å². The van der Waals surface area contributed by atoms with Gasteiger partial charge in [0.1, 0.15) is 5.78 Å². The summed E-state index contributed by atoms with van der Waals surface area (Å²) in [6, 6.07) is 0. The predicted molar refractivity (Wildman–Crippen MR) is 32.3 cm³/mol. The molecular weight excluding hydrogens is 92.1 g/mol. The van der Waals surface area contributed by atoms with Crippen molar-refractivity contribution < 1.29 is 4.79 Å². The maximum atomic E-state index is 9.81. The van der Waals surface area contributed by atoms with Crippen LogP contribution in [0.25, 0.3) is 0 Å². The Morgan fingerprint density at radius 3 is 1.83 bits per heavy atom. The van der Waals surface area contributed by atoms with E-state index in [1.165, 1.54) is 0 Å². The van der Waals surface area contributed by atoms with Gasteiger partial charge in [-0.15, -0.1) is 0 Å². The highest BCUT2D eigenvalue weighted by Crippen LogP contribution is 1.71. The minimum absolute atomic E-state index is 0. The Labute approximate surface area is 42.8 Å². The lowest BCUT2D eigenvalue weighted by Crippen LogP contribution is -1.80. The van der Waals surface area contributed by atoms with E-state index in [2.05, 4.69) is 0 Å². The van der Waals surface area contributed by atoms with Gasteiger partial charge in [0.2, 0.25) is 0 Å². The fourth-order valence-corrected chi connectivity index (χ4v) is 0. The molecule has 0 rings (SSSR count). The number of Topliss-reactive ketones (excluding diaryl/α,β-unsaturated/α-hetero) is 1. The summed E-state index contributed by atoms with van der Waals surface area (Å²) in [4.78, 5) is 9.81. The van der Waals surface area contributed by atoms with E-state index in [-0.39, 0.29) is 16.7 Å². The van der Waals surface area contributed by atoms with E-state index in [1.54, 1.807) is 6.92 Å². The van der Waals surface area contributed by atoms with E-state index in [0.29, 0.717) is 6.42 Å². The van der Waals surface area contributed by atoms with Gasteiger partial charge in [-0.05, 0) is 17.9 Å². The predicted octanol–water partition coefficient (Wildman–Crippen LogP) is -0.466. The maximum absolute atomic E-state index is 9.81. The smallest absolute Gasteiger partial charge is 0.129 e. The van der Waals surface area contributed by atoms with Crippen molar-refractivity contribution >= 4 is 16.7 Å². The second-order valence-corrected chi connectivity index (χ2v) is 1.06. The Bertz CT molecular complexity index is 42.8. The van der Waals surface area contributed by atoms with Gasteiger partial charge in [-0.25, -0.2) is 0 Å². The molecule has 2 heteroatoms. The fraction of sp³-hybridized carbons (Fsp3) is 0.750. The van der Waals surface area contributed by atoms with E-state index in [9.17, 15) is 4.79 Å². The van der Waals surface area contributed by atoms with E-state index in [0.717, 1.165) is 0 Å². The molecule has 0 aliphatic rings. The SMILES string of the molecule is CCC(C)=O.[SiH4]. The van der Waals surface area contributed by atoms with Gasteiger partial charge in [0.15, 0.2) is 0 Å². The van der Waals surface area contributed by atoms with Crippen molar-refractivity contribution in [2.75, 3.05) is 0 Å². The molecule has 0 heterocycles. The van der Waals surface area contributed by atoms with Crippen molar-refractivity contribution in [3.63, 3.8) is 0 Å². The van der Waals surface area contributed by atoms with Gasteiger partial charge in [0.05, 0.1) is 0 Å². The molecule has 0 saturated carbocycles. The van der Waals surface area contributed by atoms with Gasteiger partial charge in [-0.1, -0.05) is 6.92 Å². The minimum atomic E-state index is 0. The van der Waals surface area contributed by atoms with Gasteiger partial charge in [0.25, 0.3) is 0 Å². The average molecular weight is 104 g/mol. The first-order valence-corrected chi connectivity index (χ1v) is 1.76. The maximum Gasteiger partial charge on any atom is 0.129 e. The lowest BCUT2D eigenvalue weighted by molar-refractivity contribution is -0.116. The zero-order valence-corrected chi connectivity index (χ0v) is 3.62. The van der Waals surface area contributed by atoms with Crippen LogP contribution in [0.2, 0.25) is 0 Å². The minimum Gasteiger partial charge on any atom is -0.300 e. The lowest BCUT2D eigenvalue weighted by atomic mass is 10.4. The fourth-order valence-electron chi connectivity index (χ4n) is 0. The first-order valence-electron chi connectivity index (χ1n) is 1.76. The van der Waals surface area contributed by atoms with Gasteiger partial charge in [-0.3, -0.25) is 0 Å². The third-order valence-electron chi connectivity index (χ3n) is 0.498. The molecule has 0 bridgehead atoms. The zero-order chi connectivity index (χ0) is 4.28. The average Bonchev–Trinajstić information content (AvgIpc) is 1.38. The van der Waals surface area contributed by atoms with Crippen LogP contribution < -0.4 is 0 Å². The van der Waals surface area contributed by atoms with Gasteiger partial charge < -0.3 is 4.79 Å². The molecule has 0 N–H and O–H groups in total. The van der Waals surface area contributed by atoms with Crippen LogP contribution in [0.4, 0.5) is 0 Å². The number of hydrogen-bond acceptors (Lipinski definition) is 1. The summed E-state index contributed by atoms with van der Waals surface area (Å²) < 4.78 is 0. The topological polar surface area (TPSA) is 17.1 Å². The molecule has 6 heavy (non-hydrogen) atoms. The van der Waals surface area contributed by atoms with Crippen LogP contribution in [0.3, 0.4) is 0 Å². The summed E-state index contributed by atoms with van der Waals surface area (Å²) in [7, 11) is 0. The number of carbonyl (C=O) groups is 1. The molecule has 0 fully saturated rings. The molecule has 0 saturated heterocycles. The molecule has 0 aliphatic carbocycles. The van der Waals surface area contributed by atoms with Crippen molar-refractivity contribution in [2.24, 2.45) is 0 Å². The van der Waals surface area contributed by atoms with E-state index < -0.39 is 0 Å². The molecular formula is C4H12OSi. The first kappa shape index (κ1) is 9.31. The summed E-state index contributed by atoms with van der Waals surface area (Å²) >= 11 is 0. The molecule has 0 radical (unpaired) electrons. The molecule has 0 unspecified atom stereocenters. The second kappa shape index (κ2) is 4.89. The number of hydrogen-bond donors (Lipinski definition) is 0. The van der Waals surface area contributed by atoms with Crippen molar-refractivity contribution in [1.82, 2.24) is 0 Å². The van der Waals surface area contributed by atoms with Gasteiger partial charge in [0, 0.05) is 6.42 Å². The summed E-state index contributed by atoms with van der Waals surface area (Å²) in [5, 5.41) is 0. The van der Waals surface area contributed by atoms with Crippen molar-refractivity contribution in [2.45, 2.75) is 20.3 Å². The van der Waals surface area contributed by atoms with Crippen LogP contribution in [0.1, 0.15) is 20.3 Å². The van der Waals surface area contributed by atoms with E-state index in [4.69, 9.17) is 0 Å². The highest BCUT2D eigenvalue weighted by atomic mass is 28.1. The molecule has 1 nitrogen and oxygen atoms in total. The van der Waals surface area contributed by atoms with Crippen LogP contribution in [-0.4, -0.2) is 16.7 Å². The standard InChI is InChI=1S/C4H8O.H4Si/c1-3-4(2)5;/h3H2,1-2H3;1H4. The summed E-state index contributed by atoms with van der Waals surface area (Å²) in [6.45, 7) is 3.43. The Balaban J connectivity index is 0. The molecule has 0 atom stereocenters. The van der Waals surface area contributed by atoms with Crippen LogP contribution in [0, 0.1) is 0 Å². The second-order valence-electron chi connectivity index (χ2n) is 1.06. The van der Waals surface area contributed by atoms with E-state index >= 15 is 0 Å². The van der Waals surface area contributed by atoms with E-state index in [1.807, 2.05) is 6.92 Å². The largest absolute Gasteiger partial charge is 0.300 e. The quantitative estimate of drug-likeness (QED) is 0.411. The third-order valence-corrected chi connectivity index (χ3v) is 0.498. The van der Waals surface area contributed by atoms with Crippen LogP contribution in [0.15, 0.2) is 0 Å². The zero-order valence-electron chi connectivity index (χ0n) is 3.62. The van der Waals surface area contributed by atoms with Crippen LogP contribution in [-0.2, 0) is 4.79 Å². The highest BCUT2D eigenvalue weighted by Gasteiger charge is 1.76. The van der Waals surface area contributed by atoms with Crippen molar-refractivity contribution in [3.05, 3.63) is 0 Å². The number of carbonyl (C=O) groups excluding carboxylic acids is 1. The first-order chi connectivity index (χ1) is 2.27. The molecule has 0 aromatic heterocycles. The van der Waals surface area contributed by atoms with Gasteiger partial charge in [-0.2, -0.15) is 0 Å². The van der Waals surface area contributed by atoms with Crippen molar-refractivity contribution in [1.29, 1.82) is 0 Å². The van der Waals surface area contributed by atoms with Gasteiger partial charge >= 0.3 is 0 Å². The lowest BCUT2D eigenvalue weighted by Gasteiger charge is -1.71. The molecule has 0 aliphatic heterocycles. The third kappa shape index (κ3) is 9.10. The summed E-state index contributed by atoms with van der Waals surface area (Å²) in [5.74, 6) is 0.255. The summed E-state index contributed by atoms with van der Waals surface area (Å²) in [6.07, 6.45) is 0.667. The molecule has 0 spiro atoms. The van der Waals surface area contributed by atoms with Crippen LogP contribution in [0.5, 0.6) is 0 Å². The van der Waals surface area contributed by atoms with Crippen molar-refractivity contribution in [3.8, 4) is 0 Å². The number of rotatable bonds is 1. The monoisotopic (exact) mass is 104 g/mol. The Kier molecular flexibility index (Phi) is 7.58. The molecule has 38 valence electrons. The highest BCUT2D eigenvalue weighted by molar-refractivity contribution is 5.75. The Morgan fingerprint density at radius 2 is 1.83 bits per heavy atom. The molecule has 0 aromatic carbocycles. The Morgan fingerprint density at radius 1 is 1.67 bits per heavy atom. The summed E-state index contributed by atoms with van der Waals surface area (Å²) in [5.41, 5.74) is 0. The Hall–Kier alpha value is -0.113. The normalized spacial score (nSPS) is 6.33. The number of ketones is 1. The molecule has 0 aromatic rings. The molecule has 0 amide bonds.